The van der Waals surface area contributed by atoms with Gasteiger partial charge in [0.25, 0.3) is 0 Å². The molecule has 0 saturated carbocycles. The molecule has 4 rings (SSSR count). The second kappa shape index (κ2) is 5.58. The number of anilines is 1. The minimum atomic E-state index is -0.285. The largest absolute Gasteiger partial charge is 0.457 e. The van der Waals surface area contributed by atoms with E-state index in [0.717, 1.165) is 11.0 Å². The lowest BCUT2D eigenvalue weighted by Gasteiger charge is -2.01. The molecule has 24 heavy (non-hydrogen) atoms. The van der Waals surface area contributed by atoms with Crippen LogP contribution in [0.25, 0.3) is 28.1 Å². The van der Waals surface area contributed by atoms with Gasteiger partial charge in [-0.1, -0.05) is 18.2 Å². The van der Waals surface area contributed by atoms with Gasteiger partial charge in [-0.2, -0.15) is 0 Å². The first kappa shape index (κ1) is 14.1. The van der Waals surface area contributed by atoms with E-state index in [9.17, 15) is 9.59 Å². The van der Waals surface area contributed by atoms with Gasteiger partial charge in [-0.3, -0.25) is 4.79 Å². The van der Waals surface area contributed by atoms with Crippen LogP contribution in [0.1, 0.15) is 5.76 Å². The van der Waals surface area contributed by atoms with E-state index in [1.54, 1.807) is 24.3 Å². The van der Waals surface area contributed by atoms with E-state index in [1.165, 1.54) is 6.08 Å². The van der Waals surface area contributed by atoms with Crippen molar-refractivity contribution in [1.29, 1.82) is 0 Å². The highest BCUT2D eigenvalue weighted by atomic mass is 16.3. The number of amides is 1. The van der Waals surface area contributed by atoms with Gasteiger partial charge < -0.3 is 19.7 Å². The SMILES string of the molecule is O=C(/C=C/c1cc2ccccc2o1)Nc1ccc2[nH]c(=O)[nH]c2c1. The minimum Gasteiger partial charge on any atom is -0.457 e. The van der Waals surface area contributed by atoms with Crippen molar-refractivity contribution >= 4 is 39.7 Å². The van der Waals surface area contributed by atoms with Crippen LogP contribution in [0.3, 0.4) is 0 Å². The second-order valence-electron chi connectivity index (χ2n) is 5.35. The lowest BCUT2D eigenvalue weighted by molar-refractivity contribution is -0.111. The van der Waals surface area contributed by atoms with Crippen LogP contribution in [0.15, 0.2) is 63.8 Å². The quantitative estimate of drug-likeness (QED) is 0.506. The molecule has 4 aromatic rings. The molecule has 0 spiro atoms. The molecule has 2 aromatic heterocycles. The molecule has 2 aromatic carbocycles. The highest BCUT2D eigenvalue weighted by Crippen LogP contribution is 2.20. The minimum absolute atomic E-state index is 0.279. The topological polar surface area (TPSA) is 90.9 Å². The first-order valence-corrected chi connectivity index (χ1v) is 7.37. The van der Waals surface area contributed by atoms with E-state index >= 15 is 0 Å². The lowest BCUT2D eigenvalue weighted by Crippen LogP contribution is -2.07. The molecule has 6 nitrogen and oxygen atoms in total. The summed E-state index contributed by atoms with van der Waals surface area (Å²) < 4.78 is 5.62. The zero-order valence-corrected chi connectivity index (χ0v) is 12.5. The predicted molar refractivity (Wildman–Crippen MR) is 92.8 cm³/mol. The molecule has 1 amide bonds. The monoisotopic (exact) mass is 319 g/mol. The number of hydrogen-bond acceptors (Lipinski definition) is 3. The molecule has 0 unspecified atom stereocenters. The Morgan fingerprint density at radius 1 is 1.04 bits per heavy atom. The summed E-state index contributed by atoms with van der Waals surface area (Å²) >= 11 is 0. The number of nitrogens with one attached hydrogen (secondary N) is 3. The summed E-state index contributed by atoms with van der Waals surface area (Å²) in [5.74, 6) is 0.324. The van der Waals surface area contributed by atoms with Crippen LogP contribution in [-0.2, 0) is 4.79 Å². The molecule has 0 bridgehead atoms. The number of carbonyl (C=O) groups excluding carboxylic acids is 1. The summed E-state index contributed by atoms with van der Waals surface area (Å²) in [5, 5.41) is 3.73. The average molecular weight is 319 g/mol. The van der Waals surface area contributed by atoms with Gasteiger partial charge >= 0.3 is 5.69 Å². The van der Waals surface area contributed by atoms with Gasteiger partial charge in [-0.15, -0.1) is 0 Å². The number of H-pyrrole nitrogens is 2. The van der Waals surface area contributed by atoms with Crippen LogP contribution in [0.2, 0.25) is 0 Å². The Bertz CT molecular complexity index is 1100. The summed E-state index contributed by atoms with van der Waals surface area (Å²) in [6.07, 6.45) is 3.02. The summed E-state index contributed by atoms with van der Waals surface area (Å²) in [6, 6.07) is 14.7. The number of carbonyl (C=O) groups is 1. The van der Waals surface area contributed by atoms with Crippen molar-refractivity contribution in [3.63, 3.8) is 0 Å². The standard InChI is InChI=1S/C18H13N3O3/c22-17(8-6-13-9-11-3-1-2-4-16(11)24-13)19-12-5-7-14-15(10-12)21-18(23)20-14/h1-10H,(H,19,22)(H2,20,21,23)/b8-6+. The van der Waals surface area contributed by atoms with Crippen molar-refractivity contribution < 1.29 is 9.21 Å². The van der Waals surface area contributed by atoms with Crippen molar-refractivity contribution in [1.82, 2.24) is 9.97 Å². The molecule has 0 aliphatic rings. The maximum Gasteiger partial charge on any atom is 0.323 e. The van der Waals surface area contributed by atoms with Gasteiger partial charge in [0.05, 0.1) is 11.0 Å². The zero-order chi connectivity index (χ0) is 16.5. The summed E-state index contributed by atoms with van der Waals surface area (Å²) in [4.78, 5) is 28.6. The molecule has 0 aliphatic heterocycles. The number of fused-ring (bicyclic) bond motifs is 2. The van der Waals surface area contributed by atoms with Crippen molar-refractivity contribution in [2.75, 3.05) is 5.32 Å². The number of aromatic amines is 2. The van der Waals surface area contributed by atoms with Crippen molar-refractivity contribution in [3.8, 4) is 0 Å². The molecule has 0 aliphatic carbocycles. The normalized spacial score (nSPS) is 11.5. The predicted octanol–water partition coefficient (Wildman–Crippen LogP) is 3.25. The van der Waals surface area contributed by atoms with Crippen LogP contribution < -0.4 is 11.0 Å². The van der Waals surface area contributed by atoms with Crippen LogP contribution in [0.5, 0.6) is 0 Å². The van der Waals surface area contributed by atoms with Crippen LogP contribution in [0.4, 0.5) is 5.69 Å². The van der Waals surface area contributed by atoms with Gasteiger partial charge in [0, 0.05) is 17.1 Å². The highest BCUT2D eigenvalue weighted by molar-refractivity contribution is 6.02. The summed E-state index contributed by atoms with van der Waals surface area (Å²) in [5.41, 5.74) is 2.42. The van der Waals surface area contributed by atoms with Crippen molar-refractivity contribution in [3.05, 3.63) is 70.9 Å². The number of imidazole rings is 1. The third kappa shape index (κ3) is 2.72. The van der Waals surface area contributed by atoms with E-state index < -0.39 is 0 Å². The Balaban J connectivity index is 1.51. The van der Waals surface area contributed by atoms with Gasteiger partial charge in [0.1, 0.15) is 11.3 Å². The van der Waals surface area contributed by atoms with E-state index in [-0.39, 0.29) is 11.6 Å². The molecule has 0 fully saturated rings. The Hall–Kier alpha value is -3.54. The molecule has 6 heteroatoms. The van der Waals surface area contributed by atoms with E-state index in [1.807, 2.05) is 30.3 Å². The third-order valence-electron chi connectivity index (χ3n) is 3.63. The number of hydrogen-bond donors (Lipinski definition) is 3. The van der Waals surface area contributed by atoms with E-state index in [2.05, 4.69) is 15.3 Å². The Morgan fingerprint density at radius 3 is 2.75 bits per heavy atom. The maximum absolute atomic E-state index is 12.0. The number of benzene rings is 2. The van der Waals surface area contributed by atoms with Crippen LogP contribution in [-0.4, -0.2) is 15.9 Å². The molecule has 0 radical (unpaired) electrons. The second-order valence-corrected chi connectivity index (χ2v) is 5.35. The van der Waals surface area contributed by atoms with Gasteiger partial charge in [-0.25, -0.2) is 4.79 Å². The maximum atomic E-state index is 12.0. The van der Waals surface area contributed by atoms with Gasteiger partial charge in [0.15, 0.2) is 0 Å². The van der Waals surface area contributed by atoms with E-state index in [4.69, 9.17) is 4.42 Å². The fourth-order valence-electron chi connectivity index (χ4n) is 2.54. The molecular formula is C18H13N3O3. The number of para-hydroxylation sites is 1. The molecular weight excluding hydrogens is 306 g/mol. The number of furan rings is 1. The number of rotatable bonds is 3. The van der Waals surface area contributed by atoms with E-state index in [0.29, 0.717) is 22.5 Å². The van der Waals surface area contributed by atoms with Gasteiger partial charge in [0.2, 0.25) is 5.91 Å². The first-order valence-electron chi connectivity index (χ1n) is 7.37. The first-order chi connectivity index (χ1) is 11.7. The fourth-order valence-corrected chi connectivity index (χ4v) is 2.54. The summed E-state index contributed by atoms with van der Waals surface area (Å²) in [7, 11) is 0. The smallest absolute Gasteiger partial charge is 0.323 e. The Kier molecular flexibility index (Phi) is 3.28. The lowest BCUT2D eigenvalue weighted by atomic mass is 10.2. The highest BCUT2D eigenvalue weighted by Gasteiger charge is 2.03. The molecule has 118 valence electrons. The Labute approximate surface area is 135 Å². The number of aromatic nitrogens is 2. The third-order valence-corrected chi connectivity index (χ3v) is 3.63. The molecule has 0 saturated heterocycles. The molecule has 3 N–H and O–H groups in total. The summed E-state index contributed by atoms with van der Waals surface area (Å²) in [6.45, 7) is 0. The fraction of sp³-hybridized carbons (Fsp3) is 0. The van der Waals surface area contributed by atoms with Crippen LogP contribution in [0, 0.1) is 0 Å². The Morgan fingerprint density at radius 2 is 1.88 bits per heavy atom. The van der Waals surface area contributed by atoms with Gasteiger partial charge in [-0.05, 0) is 36.4 Å². The zero-order valence-electron chi connectivity index (χ0n) is 12.5. The molecule has 0 atom stereocenters. The van der Waals surface area contributed by atoms with Crippen LogP contribution >= 0.6 is 0 Å². The van der Waals surface area contributed by atoms with Crippen molar-refractivity contribution in [2.45, 2.75) is 0 Å². The average Bonchev–Trinajstić information content (AvgIpc) is 3.14. The molecule has 2 heterocycles. The van der Waals surface area contributed by atoms with Crippen molar-refractivity contribution in [2.24, 2.45) is 0 Å².